The van der Waals surface area contributed by atoms with Crippen LogP contribution >= 0.6 is 0 Å². The summed E-state index contributed by atoms with van der Waals surface area (Å²) in [6.45, 7) is 0.0456. The summed E-state index contributed by atoms with van der Waals surface area (Å²) in [5.74, 6) is -0.418. The zero-order valence-corrected chi connectivity index (χ0v) is 5.74. The second-order valence-corrected chi connectivity index (χ2v) is 2.52. The molecule has 3 heteroatoms. The van der Waals surface area contributed by atoms with Crippen LogP contribution in [-0.2, 0) is 14.3 Å². The number of Topliss-reactive ketones (excluding diaryl/α,β-unsaturated/α-hetero) is 1. The Balaban J connectivity index is 2.42. The highest BCUT2D eigenvalue weighted by Crippen LogP contribution is 2.25. The highest BCUT2D eigenvalue weighted by atomic mass is 16.5. The summed E-state index contributed by atoms with van der Waals surface area (Å²) in [4.78, 5) is 22.1. The zero-order chi connectivity index (χ0) is 7.84. The second kappa shape index (κ2) is 2.05. The average molecular weight is 150 g/mol. The fourth-order valence-electron chi connectivity index (χ4n) is 1.26. The van der Waals surface area contributed by atoms with E-state index >= 15 is 0 Å². The van der Waals surface area contributed by atoms with Crippen molar-refractivity contribution >= 4 is 11.6 Å². The molecule has 1 aliphatic carbocycles. The molecule has 56 valence electrons. The number of allylic oxidation sites excluding steroid dienone is 4. The molecule has 0 aromatic carbocycles. The normalized spacial score (nSPS) is 28.0. The van der Waals surface area contributed by atoms with Crippen LogP contribution in [0.2, 0.25) is 0 Å². The third-order valence-electron chi connectivity index (χ3n) is 1.79. The van der Waals surface area contributed by atoms with Gasteiger partial charge in [0.05, 0.1) is 0 Å². The van der Waals surface area contributed by atoms with Gasteiger partial charge in [-0.2, -0.15) is 0 Å². The van der Waals surface area contributed by atoms with Crippen molar-refractivity contribution in [3.63, 3.8) is 0 Å². The van der Waals surface area contributed by atoms with E-state index in [9.17, 15) is 9.59 Å². The quantitative estimate of drug-likeness (QED) is 0.464. The van der Waals surface area contributed by atoms with Gasteiger partial charge in [0.2, 0.25) is 0 Å². The van der Waals surface area contributed by atoms with Crippen molar-refractivity contribution in [1.29, 1.82) is 0 Å². The lowest BCUT2D eigenvalue weighted by atomic mass is 9.95. The topological polar surface area (TPSA) is 43.4 Å². The fourth-order valence-corrected chi connectivity index (χ4v) is 1.26. The lowest BCUT2D eigenvalue weighted by Crippen LogP contribution is -2.20. The van der Waals surface area contributed by atoms with E-state index in [1.165, 1.54) is 6.08 Å². The average Bonchev–Trinajstić information content (AvgIpc) is 2.34. The molecule has 1 heterocycles. The van der Waals surface area contributed by atoms with E-state index in [4.69, 9.17) is 4.74 Å². The van der Waals surface area contributed by atoms with Gasteiger partial charge in [-0.3, -0.25) is 9.59 Å². The van der Waals surface area contributed by atoms with Gasteiger partial charge in [-0.1, -0.05) is 6.08 Å². The third kappa shape index (κ3) is 0.808. The molecule has 2 rings (SSSR count). The molecule has 0 bridgehead atoms. The van der Waals surface area contributed by atoms with Crippen molar-refractivity contribution in [2.75, 3.05) is 6.61 Å². The summed E-state index contributed by atoms with van der Waals surface area (Å²) in [6, 6.07) is 0. The number of rotatable bonds is 0. The first-order valence-corrected chi connectivity index (χ1v) is 3.36. The minimum absolute atomic E-state index is 0.0456. The van der Waals surface area contributed by atoms with Crippen LogP contribution in [-0.4, -0.2) is 18.2 Å². The van der Waals surface area contributed by atoms with Crippen LogP contribution in [0.1, 0.15) is 0 Å². The SMILES string of the molecule is O=C1C=CC=C2OCC(=O)C12. The van der Waals surface area contributed by atoms with Crippen LogP contribution in [0, 0.1) is 5.92 Å². The van der Waals surface area contributed by atoms with Gasteiger partial charge < -0.3 is 4.74 Å². The number of hydrogen-bond acceptors (Lipinski definition) is 3. The minimum atomic E-state index is -0.625. The Labute approximate surface area is 63.3 Å². The Morgan fingerprint density at radius 3 is 3.00 bits per heavy atom. The van der Waals surface area contributed by atoms with Gasteiger partial charge in [-0.05, 0) is 12.2 Å². The molecule has 2 aliphatic rings. The molecule has 0 spiro atoms. The Kier molecular flexibility index (Phi) is 1.18. The standard InChI is InChI=1S/C8H6O3/c9-5-2-1-3-7-8(5)6(10)4-11-7/h1-3,8H,4H2. The molecular weight excluding hydrogens is 144 g/mol. The first-order valence-electron chi connectivity index (χ1n) is 3.36. The first-order chi connectivity index (χ1) is 5.29. The maximum atomic E-state index is 11.1. The molecule has 3 nitrogen and oxygen atoms in total. The maximum absolute atomic E-state index is 11.1. The van der Waals surface area contributed by atoms with Gasteiger partial charge in [-0.15, -0.1) is 0 Å². The van der Waals surface area contributed by atoms with Crippen molar-refractivity contribution in [2.45, 2.75) is 0 Å². The van der Waals surface area contributed by atoms with Crippen molar-refractivity contribution in [1.82, 2.24) is 0 Å². The van der Waals surface area contributed by atoms with Crippen molar-refractivity contribution in [2.24, 2.45) is 5.92 Å². The molecule has 1 unspecified atom stereocenters. The molecule has 0 aromatic rings. The van der Waals surface area contributed by atoms with Crippen LogP contribution in [0.5, 0.6) is 0 Å². The summed E-state index contributed by atoms with van der Waals surface area (Å²) in [6.07, 6.45) is 4.67. The molecule has 0 amide bonds. The molecule has 0 aromatic heterocycles. The lowest BCUT2D eigenvalue weighted by Gasteiger charge is -2.06. The molecular formula is C8H6O3. The van der Waals surface area contributed by atoms with E-state index in [1.807, 2.05) is 0 Å². The maximum Gasteiger partial charge on any atom is 0.188 e. The van der Waals surface area contributed by atoms with Crippen LogP contribution in [0.3, 0.4) is 0 Å². The monoisotopic (exact) mass is 150 g/mol. The van der Waals surface area contributed by atoms with E-state index < -0.39 is 5.92 Å². The second-order valence-electron chi connectivity index (χ2n) is 2.52. The van der Waals surface area contributed by atoms with Crippen molar-refractivity contribution < 1.29 is 14.3 Å². The number of carbonyl (C=O) groups excluding carboxylic acids is 2. The van der Waals surface area contributed by atoms with Gasteiger partial charge in [0.25, 0.3) is 0 Å². The van der Waals surface area contributed by atoms with E-state index in [2.05, 4.69) is 0 Å². The van der Waals surface area contributed by atoms with Crippen LogP contribution < -0.4 is 0 Å². The van der Waals surface area contributed by atoms with Crippen molar-refractivity contribution in [3.8, 4) is 0 Å². The lowest BCUT2D eigenvalue weighted by molar-refractivity contribution is -0.126. The highest BCUT2D eigenvalue weighted by Gasteiger charge is 2.37. The number of ether oxygens (including phenoxy) is 1. The van der Waals surface area contributed by atoms with Gasteiger partial charge in [0.1, 0.15) is 18.3 Å². The van der Waals surface area contributed by atoms with Gasteiger partial charge >= 0.3 is 0 Å². The zero-order valence-electron chi connectivity index (χ0n) is 5.74. The van der Waals surface area contributed by atoms with Crippen molar-refractivity contribution in [3.05, 3.63) is 24.0 Å². The fraction of sp³-hybridized carbons (Fsp3) is 0.250. The minimum Gasteiger partial charge on any atom is -0.489 e. The van der Waals surface area contributed by atoms with E-state index in [0.29, 0.717) is 5.76 Å². The summed E-state index contributed by atoms with van der Waals surface area (Å²) >= 11 is 0. The molecule has 1 atom stereocenters. The smallest absolute Gasteiger partial charge is 0.188 e. The molecule has 1 fully saturated rings. The van der Waals surface area contributed by atoms with Crippen LogP contribution in [0.15, 0.2) is 24.0 Å². The van der Waals surface area contributed by atoms with E-state index in [1.54, 1.807) is 12.2 Å². The Morgan fingerprint density at radius 2 is 2.27 bits per heavy atom. The van der Waals surface area contributed by atoms with Gasteiger partial charge in [0.15, 0.2) is 11.6 Å². The third-order valence-corrected chi connectivity index (χ3v) is 1.79. The molecule has 11 heavy (non-hydrogen) atoms. The van der Waals surface area contributed by atoms with Crippen LogP contribution in [0.25, 0.3) is 0 Å². The van der Waals surface area contributed by atoms with E-state index in [0.717, 1.165) is 0 Å². The Morgan fingerprint density at radius 1 is 1.45 bits per heavy atom. The molecule has 0 N–H and O–H groups in total. The number of fused-ring (bicyclic) bond motifs is 1. The summed E-state index contributed by atoms with van der Waals surface area (Å²) in [5, 5.41) is 0. The molecule has 0 radical (unpaired) electrons. The van der Waals surface area contributed by atoms with Gasteiger partial charge in [-0.25, -0.2) is 0 Å². The largest absolute Gasteiger partial charge is 0.489 e. The number of carbonyl (C=O) groups is 2. The van der Waals surface area contributed by atoms with E-state index in [-0.39, 0.29) is 18.2 Å². The Hall–Kier alpha value is -1.38. The predicted octanol–water partition coefficient (Wildman–Crippen LogP) is 0.225. The number of hydrogen-bond donors (Lipinski definition) is 0. The van der Waals surface area contributed by atoms with Gasteiger partial charge in [0, 0.05) is 0 Å². The summed E-state index contributed by atoms with van der Waals surface area (Å²) in [5.41, 5.74) is 0. The van der Waals surface area contributed by atoms with Crippen LogP contribution in [0.4, 0.5) is 0 Å². The Bertz CT molecular complexity index is 286. The predicted molar refractivity (Wildman–Crippen MR) is 36.7 cm³/mol. The molecule has 1 saturated heterocycles. The summed E-state index contributed by atoms with van der Waals surface area (Å²) < 4.78 is 4.98. The molecule has 0 saturated carbocycles. The first kappa shape index (κ1) is 6.34. The highest BCUT2D eigenvalue weighted by molar-refractivity contribution is 6.12. The number of ketones is 2. The molecule has 1 aliphatic heterocycles. The summed E-state index contributed by atoms with van der Waals surface area (Å²) in [7, 11) is 0.